The molecule has 0 fully saturated rings. The fourth-order valence-electron chi connectivity index (χ4n) is 1.58. The Morgan fingerprint density at radius 1 is 1.25 bits per heavy atom. The van der Waals surface area contributed by atoms with E-state index < -0.39 is 6.10 Å². The zero-order valence-corrected chi connectivity index (χ0v) is 9.47. The van der Waals surface area contributed by atoms with Gasteiger partial charge in [0.15, 0.2) is 5.89 Å². The summed E-state index contributed by atoms with van der Waals surface area (Å²) in [5.74, 6) is 1.40. The Morgan fingerprint density at radius 2 is 1.94 bits per heavy atom. The van der Waals surface area contributed by atoms with Crippen LogP contribution in [-0.4, -0.2) is 10.1 Å². The number of benzene rings is 1. The third-order valence-corrected chi connectivity index (χ3v) is 2.63. The Bertz CT molecular complexity index is 443. The lowest BCUT2D eigenvalue weighted by Gasteiger charge is -2.07. The first-order chi connectivity index (χ1) is 7.66. The van der Waals surface area contributed by atoms with E-state index in [2.05, 4.69) is 4.98 Å². The van der Waals surface area contributed by atoms with Crippen molar-refractivity contribution >= 4 is 0 Å². The van der Waals surface area contributed by atoms with Gasteiger partial charge in [-0.2, -0.15) is 0 Å². The van der Waals surface area contributed by atoms with Gasteiger partial charge in [0.2, 0.25) is 0 Å². The minimum absolute atomic E-state index is 0.415. The molecule has 0 saturated heterocycles. The van der Waals surface area contributed by atoms with Crippen molar-refractivity contribution in [3.05, 3.63) is 53.2 Å². The molecule has 0 spiro atoms. The summed E-state index contributed by atoms with van der Waals surface area (Å²) in [6, 6.07) is 9.53. The van der Waals surface area contributed by atoms with E-state index >= 15 is 0 Å². The fraction of sp³-hybridized carbons (Fsp3) is 0.308. The van der Waals surface area contributed by atoms with E-state index in [4.69, 9.17) is 4.42 Å². The molecule has 1 atom stereocenters. The standard InChI is InChI=1S/C13H15NO2/c1-9-10(2)16-13(14-9)8-12(15)11-6-4-3-5-7-11/h3-7,12,15H,8H2,1-2H3. The van der Waals surface area contributed by atoms with Crippen LogP contribution in [-0.2, 0) is 6.42 Å². The van der Waals surface area contributed by atoms with Gasteiger partial charge in [-0.05, 0) is 19.4 Å². The van der Waals surface area contributed by atoms with Crippen molar-refractivity contribution in [2.45, 2.75) is 26.4 Å². The second-order valence-corrected chi connectivity index (χ2v) is 3.88. The Balaban J connectivity index is 2.11. The van der Waals surface area contributed by atoms with Gasteiger partial charge in [-0.15, -0.1) is 0 Å². The molecule has 0 aliphatic heterocycles. The maximum Gasteiger partial charge on any atom is 0.197 e. The first-order valence-electron chi connectivity index (χ1n) is 5.32. The van der Waals surface area contributed by atoms with Crippen molar-refractivity contribution < 1.29 is 9.52 Å². The number of hydrogen-bond donors (Lipinski definition) is 1. The predicted octanol–water partition coefficient (Wildman–Crippen LogP) is 2.57. The summed E-state index contributed by atoms with van der Waals surface area (Å²) in [6.45, 7) is 3.78. The highest BCUT2D eigenvalue weighted by molar-refractivity contribution is 5.18. The van der Waals surface area contributed by atoms with Crippen LogP contribution < -0.4 is 0 Å². The van der Waals surface area contributed by atoms with E-state index in [1.807, 2.05) is 44.2 Å². The van der Waals surface area contributed by atoms with E-state index in [0.29, 0.717) is 12.3 Å². The largest absolute Gasteiger partial charge is 0.446 e. The molecule has 0 amide bonds. The lowest BCUT2D eigenvalue weighted by atomic mass is 10.1. The second-order valence-electron chi connectivity index (χ2n) is 3.88. The quantitative estimate of drug-likeness (QED) is 0.859. The third kappa shape index (κ3) is 2.31. The summed E-state index contributed by atoms with van der Waals surface area (Å²) in [6.07, 6.45) is -0.141. The average Bonchev–Trinajstić information content (AvgIpc) is 2.59. The van der Waals surface area contributed by atoms with Crippen molar-refractivity contribution in [1.29, 1.82) is 0 Å². The van der Waals surface area contributed by atoms with Crippen LogP contribution in [0, 0.1) is 13.8 Å². The number of aromatic nitrogens is 1. The Morgan fingerprint density at radius 3 is 2.50 bits per heavy atom. The summed E-state index contributed by atoms with van der Waals surface area (Å²) >= 11 is 0. The SMILES string of the molecule is Cc1nc(CC(O)c2ccccc2)oc1C. The molecule has 1 unspecified atom stereocenters. The van der Waals surface area contributed by atoms with Gasteiger partial charge in [-0.1, -0.05) is 30.3 Å². The number of rotatable bonds is 3. The number of oxazole rings is 1. The van der Waals surface area contributed by atoms with E-state index in [1.165, 1.54) is 0 Å². The van der Waals surface area contributed by atoms with Gasteiger partial charge in [-0.25, -0.2) is 4.98 Å². The molecule has 0 aliphatic carbocycles. The Hall–Kier alpha value is -1.61. The van der Waals surface area contributed by atoms with Gasteiger partial charge in [0, 0.05) is 0 Å². The molecule has 3 heteroatoms. The van der Waals surface area contributed by atoms with Crippen molar-refractivity contribution in [1.82, 2.24) is 4.98 Å². The van der Waals surface area contributed by atoms with Gasteiger partial charge in [0.25, 0.3) is 0 Å². The predicted molar refractivity (Wildman–Crippen MR) is 61.1 cm³/mol. The normalized spacial score (nSPS) is 12.7. The maximum atomic E-state index is 9.97. The van der Waals surface area contributed by atoms with Gasteiger partial charge in [0.05, 0.1) is 18.2 Å². The Kier molecular flexibility index (Phi) is 3.06. The van der Waals surface area contributed by atoms with Crippen molar-refractivity contribution in [2.75, 3.05) is 0 Å². The van der Waals surface area contributed by atoms with E-state index in [-0.39, 0.29) is 0 Å². The van der Waals surface area contributed by atoms with Gasteiger partial charge in [-0.3, -0.25) is 0 Å². The maximum absolute atomic E-state index is 9.97. The molecule has 2 aromatic rings. The minimum Gasteiger partial charge on any atom is -0.446 e. The monoisotopic (exact) mass is 217 g/mol. The number of aliphatic hydroxyl groups excluding tert-OH is 1. The highest BCUT2D eigenvalue weighted by Gasteiger charge is 2.13. The smallest absolute Gasteiger partial charge is 0.197 e. The number of hydrogen-bond acceptors (Lipinski definition) is 3. The lowest BCUT2D eigenvalue weighted by molar-refractivity contribution is 0.168. The molecule has 0 aliphatic rings. The number of nitrogens with zero attached hydrogens (tertiary/aromatic N) is 1. The van der Waals surface area contributed by atoms with Gasteiger partial charge >= 0.3 is 0 Å². The molecule has 0 bridgehead atoms. The third-order valence-electron chi connectivity index (χ3n) is 2.63. The van der Waals surface area contributed by atoms with Gasteiger partial charge < -0.3 is 9.52 Å². The second kappa shape index (κ2) is 4.49. The van der Waals surface area contributed by atoms with E-state index in [1.54, 1.807) is 0 Å². The van der Waals surface area contributed by atoms with Crippen LogP contribution in [0.5, 0.6) is 0 Å². The van der Waals surface area contributed by atoms with E-state index in [0.717, 1.165) is 17.0 Å². The average molecular weight is 217 g/mol. The first kappa shape index (κ1) is 10.9. The Labute approximate surface area is 94.8 Å². The van der Waals surface area contributed by atoms with Crippen molar-refractivity contribution in [3.8, 4) is 0 Å². The molecule has 0 saturated carbocycles. The molecule has 1 N–H and O–H groups in total. The van der Waals surface area contributed by atoms with Crippen LogP contribution in [0.4, 0.5) is 0 Å². The summed E-state index contributed by atoms with van der Waals surface area (Å²) in [5.41, 5.74) is 1.77. The van der Waals surface area contributed by atoms with Gasteiger partial charge in [0.1, 0.15) is 5.76 Å². The van der Waals surface area contributed by atoms with E-state index in [9.17, 15) is 5.11 Å². The molecule has 84 valence electrons. The van der Waals surface area contributed by atoms with Crippen LogP contribution in [0.15, 0.2) is 34.7 Å². The molecule has 16 heavy (non-hydrogen) atoms. The summed E-state index contributed by atoms with van der Waals surface area (Å²) in [7, 11) is 0. The molecule has 3 nitrogen and oxygen atoms in total. The number of aliphatic hydroxyl groups is 1. The molecular formula is C13H15NO2. The highest BCUT2D eigenvalue weighted by atomic mass is 16.4. The zero-order chi connectivity index (χ0) is 11.5. The first-order valence-corrected chi connectivity index (χ1v) is 5.32. The fourth-order valence-corrected chi connectivity index (χ4v) is 1.58. The molecule has 0 radical (unpaired) electrons. The minimum atomic E-state index is -0.557. The van der Waals surface area contributed by atoms with Crippen LogP contribution in [0.1, 0.15) is 29.0 Å². The lowest BCUT2D eigenvalue weighted by Crippen LogP contribution is -2.01. The van der Waals surface area contributed by atoms with Crippen molar-refractivity contribution in [3.63, 3.8) is 0 Å². The molecule has 1 heterocycles. The highest BCUT2D eigenvalue weighted by Crippen LogP contribution is 2.18. The molecule has 1 aromatic carbocycles. The van der Waals surface area contributed by atoms with Crippen LogP contribution in [0.3, 0.4) is 0 Å². The summed E-state index contributed by atoms with van der Waals surface area (Å²) < 4.78 is 5.44. The number of aryl methyl sites for hydroxylation is 2. The summed E-state index contributed by atoms with van der Waals surface area (Å²) in [5, 5.41) is 9.97. The molecule has 1 aromatic heterocycles. The molecule has 2 rings (SSSR count). The topological polar surface area (TPSA) is 46.3 Å². The van der Waals surface area contributed by atoms with Crippen LogP contribution >= 0.6 is 0 Å². The van der Waals surface area contributed by atoms with Crippen molar-refractivity contribution in [2.24, 2.45) is 0 Å². The zero-order valence-electron chi connectivity index (χ0n) is 9.47. The molecular weight excluding hydrogens is 202 g/mol. The van der Waals surface area contributed by atoms with Crippen LogP contribution in [0.2, 0.25) is 0 Å². The summed E-state index contributed by atoms with van der Waals surface area (Å²) in [4.78, 5) is 4.25. The van der Waals surface area contributed by atoms with Crippen LogP contribution in [0.25, 0.3) is 0 Å².